The van der Waals surface area contributed by atoms with Crippen molar-refractivity contribution >= 4 is 38.9 Å². The van der Waals surface area contributed by atoms with Gasteiger partial charge in [-0.3, -0.25) is 4.79 Å². The lowest BCUT2D eigenvalue weighted by molar-refractivity contribution is -0.143. The molecule has 28 heavy (non-hydrogen) atoms. The van der Waals surface area contributed by atoms with Crippen molar-refractivity contribution in [3.8, 4) is 0 Å². The van der Waals surface area contributed by atoms with Gasteiger partial charge in [-0.15, -0.1) is 0 Å². The van der Waals surface area contributed by atoms with E-state index in [-0.39, 0.29) is 18.6 Å². The molecule has 152 valence electrons. The Morgan fingerprint density at radius 3 is 2.57 bits per heavy atom. The summed E-state index contributed by atoms with van der Waals surface area (Å²) in [5.74, 6) is -0.254. The van der Waals surface area contributed by atoms with Gasteiger partial charge in [0.05, 0.1) is 12.1 Å². The normalized spacial score (nSPS) is 14.5. The summed E-state index contributed by atoms with van der Waals surface area (Å²) in [7, 11) is 0. The molecule has 7 heteroatoms. The van der Waals surface area contributed by atoms with Crippen LogP contribution in [0.15, 0.2) is 22.7 Å². The van der Waals surface area contributed by atoms with Gasteiger partial charge in [0.15, 0.2) is 0 Å². The first kappa shape index (κ1) is 20.7. The van der Waals surface area contributed by atoms with Crippen LogP contribution in [0.1, 0.15) is 39.0 Å². The molecule has 0 spiro atoms. The van der Waals surface area contributed by atoms with E-state index in [4.69, 9.17) is 9.47 Å². The predicted molar refractivity (Wildman–Crippen MR) is 111 cm³/mol. The Morgan fingerprint density at radius 1 is 1.18 bits per heavy atom. The van der Waals surface area contributed by atoms with E-state index >= 15 is 0 Å². The van der Waals surface area contributed by atoms with Crippen LogP contribution in [0.3, 0.4) is 0 Å². The molecule has 1 amide bonds. The van der Waals surface area contributed by atoms with Crippen LogP contribution in [-0.2, 0) is 33.7 Å². The van der Waals surface area contributed by atoms with Gasteiger partial charge in [-0.2, -0.15) is 0 Å². The number of amides is 1. The van der Waals surface area contributed by atoms with Crippen LogP contribution < -0.4 is 0 Å². The summed E-state index contributed by atoms with van der Waals surface area (Å²) in [6.45, 7) is 9.08. The fourth-order valence-electron chi connectivity index (χ4n) is 3.67. The molecule has 0 radical (unpaired) electrons. The number of aromatic nitrogens is 1. The van der Waals surface area contributed by atoms with Gasteiger partial charge in [0.25, 0.3) is 0 Å². The number of esters is 1. The average molecular weight is 451 g/mol. The molecule has 6 nitrogen and oxygen atoms in total. The van der Waals surface area contributed by atoms with Gasteiger partial charge >= 0.3 is 12.1 Å². The van der Waals surface area contributed by atoms with Gasteiger partial charge in [-0.1, -0.05) is 22.0 Å². The molecular weight excluding hydrogens is 424 g/mol. The number of hydrogen-bond donors (Lipinski definition) is 0. The molecule has 0 atom stereocenters. The van der Waals surface area contributed by atoms with Gasteiger partial charge in [-0.05, 0) is 51.8 Å². The first-order valence-electron chi connectivity index (χ1n) is 9.63. The van der Waals surface area contributed by atoms with Crippen molar-refractivity contribution in [2.24, 2.45) is 0 Å². The van der Waals surface area contributed by atoms with Crippen molar-refractivity contribution < 1.29 is 19.1 Å². The number of ether oxygens (including phenoxy) is 2. The highest BCUT2D eigenvalue weighted by molar-refractivity contribution is 9.10. The van der Waals surface area contributed by atoms with E-state index in [1.165, 1.54) is 5.56 Å². The van der Waals surface area contributed by atoms with Crippen molar-refractivity contribution in [2.45, 2.75) is 52.7 Å². The molecule has 0 fully saturated rings. The van der Waals surface area contributed by atoms with Crippen molar-refractivity contribution in [1.82, 2.24) is 9.47 Å². The molecule has 0 saturated heterocycles. The Balaban J connectivity index is 1.95. The standard InChI is InChI=1S/C21H27BrN2O4/c1-5-27-18(25)13-24-16-10-12-23(20(26)28-21(2,3)4)11-9-14(16)19-15(22)7-6-8-17(19)24/h6-8H,5,9-13H2,1-4H3. The molecule has 1 aliphatic heterocycles. The second kappa shape index (κ2) is 8.15. The Bertz CT molecular complexity index is 898. The summed E-state index contributed by atoms with van der Waals surface area (Å²) in [6.07, 6.45) is 1.08. The lowest BCUT2D eigenvalue weighted by Crippen LogP contribution is -2.38. The van der Waals surface area contributed by atoms with Crippen LogP contribution in [0.4, 0.5) is 4.79 Å². The molecule has 3 rings (SSSR count). The largest absolute Gasteiger partial charge is 0.465 e. The molecule has 0 N–H and O–H groups in total. The maximum Gasteiger partial charge on any atom is 0.410 e. The summed E-state index contributed by atoms with van der Waals surface area (Å²) in [4.78, 5) is 26.5. The Labute approximate surface area is 173 Å². The van der Waals surface area contributed by atoms with Gasteiger partial charge in [-0.25, -0.2) is 4.79 Å². The minimum atomic E-state index is -0.523. The Kier molecular flexibility index (Phi) is 6.03. The first-order chi connectivity index (χ1) is 13.2. The minimum Gasteiger partial charge on any atom is -0.465 e. The lowest BCUT2D eigenvalue weighted by atomic mass is 10.1. The summed E-state index contributed by atoms with van der Waals surface area (Å²) >= 11 is 3.66. The molecule has 0 saturated carbocycles. The van der Waals surface area contributed by atoms with Crippen LogP contribution in [-0.4, -0.2) is 46.8 Å². The second-order valence-corrected chi connectivity index (χ2v) is 8.77. The molecule has 0 unspecified atom stereocenters. The number of carbonyl (C=O) groups excluding carboxylic acids is 2. The number of hydrogen-bond acceptors (Lipinski definition) is 4. The van der Waals surface area contributed by atoms with E-state index in [0.29, 0.717) is 32.5 Å². The predicted octanol–water partition coefficient (Wildman–Crippen LogP) is 4.30. The molecular formula is C21H27BrN2O4. The van der Waals surface area contributed by atoms with Crippen LogP contribution in [0, 0.1) is 0 Å². The molecule has 1 aromatic heterocycles. The van der Waals surface area contributed by atoms with E-state index in [1.807, 2.05) is 50.5 Å². The highest BCUT2D eigenvalue weighted by atomic mass is 79.9. The zero-order chi connectivity index (χ0) is 20.5. The highest BCUT2D eigenvalue weighted by Crippen LogP contribution is 2.34. The molecule has 0 aliphatic carbocycles. The average Bonchev–Trinajstić information content (AvgIpc) is 2.75. The van der Waals surface area contributed by atoms with E-state index in [0.717, 1.165) is 21.1 Å². The number of rotatable bonds is 3. The zero-order valence-electron chi connectivity index (χ0n) is 16.9. The minimum absolute atomic E-state index is 0.169. The fraction of sp³-hybridized carbons (Fsp3) is 0.524. The maximum absolute atomic E-state index is 12.5. The molecule has 1 aliphatic rings. The maximum atomic E-state index is 12.5. The molecule has 2 aromatic rings. The number of benzene rings is 1. The van der Waals surface area contributed by atoms with Crippen molar-refractivity contribution in [3.05, 3.63) is 33.9 Å². The van der Waals surface area contributed by atoms with E-state index in [2.05, 4.69) is 15.9 Å². The van der Waals surface area contributed by atoms with Crippen molar-refractivity contribution in [2.75, 3.05) is 19.7 Å². The third kappa shape index (κ3) is 4.35. The summed E-state index contributed by atoms with van der Waals surface area (Å²) < 4.78 is 13.7. The molecule has 2 heterocycles. The SMILES string of the molecule is CCOC(=O)Cn1c2c(c3c(Br)cccc31)CCN(C(=O)OC(C)(C)C)CC2. The second-order valence-electron chi connectivity index (χ2n) is 7.92. The van der Waals surface area contributed by atoms with E-state index < -0.39 is 5.60 Å². The van der Waals surface area contributed by atoms with Gasteiger partial charge in [0.1, 0.15) is 12.1 Å². The number of halogens is 1. The zero-order valence-corrected chi connectivity index (χ0v) is 18.5. The van der Waals surface area contributed by atoms with Gasteiger partial charge < -0.3 is 18.9 Å². The number of fused-ring (bicyclic) bond motifs is 3. The molecule has 1 aromatic carbocycles. The van der Waals surface area contributed by atoms with E-state index in [9.17, 15) is 9.59 Å². The van der Waals surface area contributed by atoms with Gasteiger partial charge in [0.2, 0.25) is 0 Å². The third-order valence-electron chi connectivity index (χ3n) is 4.75. The van der Waals surface area contributed by atoms with Crippen LogP contribution in [0.25, 0.3) is 10.9 Å². The van der Waals surface area contributed by atoms with Crippen molar-refractivity contribution in [3.63, 3.8) is 0 Å². The van der Waals surface area contributed by atoms with Gasteiger partial charge in [0, 0.05) is 35.1 Å². The fourth-order valence-corrected chi connectivity index (χ4v) is 4.26. The first-order valence-corrected chi connectivity index (χ1v) is 10.4. The topological polar surface area (TPSA) is 60.8 Å². The van der Waals surface area contributed by atoms with Crippen LogP contribution in [0.2, 0.25) is 0 Å². The molecule has 0 bridgehead atoms. The Morgan fingerprint density at radius 2 is 1.89 bits per heavy atom. The van der Waals surface area contributed by atoms with Crippen LogP contribution in [0.5, 0.6) is 0 Å². The smallest absolute Gasteiger partial charge is 0.410 e. The summed E-state index contributed by atoms with van der Waals surface area (Å²) in [5.41, 5.74) is 2.75. The summed E-state index contributed by atoms with van der Waals surface area (Å²) in [6, 6.07) is 6.01. The highest BCUT2D eigenvalue weighted by Gasteiger charge is 2.28. The monoisotopic (exact) mass is 450 g/mol. The quantitative estimate of drug-likeness (QED) is 0.653. The third-order valence-corrected chi connectivity index (χ3v) is 5.41. The summed E-state index contributed by atoms with van der Waals surface area (Å²) in [5, 5.41) is 1.10. The number of carbonyl (C=O) groups is 2. The lowest BCUT2D eigenvalue weighted by Gasteiger charge is -2.26. The van der Waals surface area contributed by atoms with Crippen molar-refractivity contribution in [1.29, 1.82) is 0 Å². The van der Waals surface area contributed by atoms with E-state index in [1.54, 1.807) is 4.90 Å². The number of nitrogens with zero attached hydrogens (tertiary/aromatic N) is 2. The van der Waals surface area contributed by atoms with Crippen LogP contribution >= 0.6 is 15.9 Å². The Hall–Kier alpha value is -2.02.